The van der Waals surface area contributed by atoms with Crippen LogP contribution in [-0.2, 0) is 9.53 Å². The van der Waals surface area contributed by atoms with Gasteiger partial charge in [-0.3, -0.25) is 4.79 Å². The smallest absolute Gasteiger partial charge is 0.239 e. The number of methoxy groups -OCH3 is 1. The molecule has 6 nitrogen and oxygen atoms in total. The lowest BCUT2D eigenvalue weighted by molar-refractivity contribution is -0.119. The van der Waals surface area contributed by atoms with Gasteiger partial charge in [0.05, 0.1) is 13.2 Å². The summed E-state index contributed by atoms with van der Waals surface area (Å²) in [6.07, 6.45) is 0. The van der Waals surface area contributed by atoms with E-state index in [1.54, 1.807) is 13.2 Å². The molecule has 0 saturated heterocycles. The van der Waals surface area contributed by atoms with Crippen molar-refractivity contribution in [2.45, 2.75) is 19.8 Å². The molecule has 0 aliphatic rings. The van der Waals surface area contributed by atoms with Gasteiger partial charge in [0, 0.05) is 25.6 Å². The van der Waals surface area contributed by atoms with Gasteiger partial charge in [-0.05, 0) is 0 Å². The van der Waals surface area contributed by atoms with Crippen molar-refractivity contribution >= 4 is 23.3 Å². The molecule has 1 aromatic rings. The van der Waals surface area contributed by atoms with Gasteiger partial charge in [0.25, 0.3) is 0 Å². The van der Waals surface area contributed by atoms with Gasteiger partial charge in [-0.15, -0.1) is 0 Å². The highest BCUT2D eigenvalue weighted by molar-refractivity contribution is 6.29. The van der Waals surface area contributed by atoms with Crippen LogP contribution < -0.4 is 10.6 Å². The summed E-state index contributed by atoms with van der Waals surface area (Å²) in [5, 5.41) is 5.98. The molecule has 0 spiro atoms. The minimum absolute atomic E-state index is 0.127. The van der Waals surface area contributed by atoms with Crippen LogP contribution in [0.1, 0.15) is 25.6 Å². The number of hydrogen-bond donors (Lipinski definition) is 2. The highest BCUT2D eigenvalue weighted by Gasteiger charge is 2.08. The summed E-state index contributed by atoms with van der Waals surface area (Å²) in [6.45, 7) is 5.07. The maximum Gasteiger partial charge on any atom is 0.239 e. The molecule has 0 unspecified atom stereocenters. The molecule has 106 valence electrons. The number of amides is 1. The summed E-state index contributed by atoms with van der Waals surface area (Å²) >= 11 is 5.90. The van der Waals surface area contributed by atoms with E-state index in [0.29, 0.717) is 29.9 Å². The zero-order valence-corrected chi connectivity index (χ0v) is 12.1. The Kier molecular flexibility index (Phi) is 6.52. The maximum atomic E-state index is 11.5. The van der Waals surface area contributed by atoms with Crippen molar-refractivity contribution in [2.24, 2.45) is 0 Å². The molecule has 0 fully saturated rings. The van der Waals surface area contributed by atoms with Gasteiger partial charge >= 0.3 is 0 Å². The lowest BCUT2D eigenvalue weighted by Gasteiger charge is -2.09. The fourth-order valence-corrected chi connectivity index (χ4v) is 1.50. The first-order valence-electron chi connectivity index (χ1n) is 6.07. The zero-order valence-electron chi connectivity index (χ0n) is 11.4. The Morgan fingerprint density at radius 1 is 1.47 bits per heavy atom. The summed E-state index contributed by atoms with van der Waals surface area (Å²) in [6, 6.07) is 1.59. The average Bonchev–Trinajstić information content (AvgIpc) is 2.36. The summed E-state index contributed by atoms with van der Waals surface area (Å²) in [4.78, 5) is 19.9. The average molecular weight is 287 g/mol. The molecule has 0 saturated carbocycles. The van der Waals surface area contributed by atoms with Crippen molar-refractivity contribution < 1.29 is 9.53 Å². The van der Waals surface area contributed by atoms with E-state index >= 15 is 0 Å². The lowest BCUT2D eigenvalue weighted by Crippen LogP contribution is -2.32. The molecule has 19 heavy (non-hydrogen) atoms. The lowest BCUT2D eigenvalue weighted by atomic mass is 10.2. The van der Waals surface area contributed by atoms with Crippen LogP contribution in [0.3, 0.4) is 0 Å². The quantitative estimate of drug-likeness (QED) is 0.586. The van der Waals surface area contributed by atoms with E-state index in [9.17, 15) is 4.79 Å². The molecule has 0 radical (unpaired) electrons. The summed E-state index contributed by atoms with van der Waals surface area (Å²) in [5.74, 6) is 1.24. The van der Waals surface area contributed by atoms with Crippen LogP contribution in [0.5, 0.6) is 0 Å². The summed E-state index contributed by atoms with van der Waals surface area (Å²) in [5.41, 5.74) is 0. The first-order valence-corrected chi connectivity index (χ1v) is 6.44. The van der Waals surface area contributed by atoms with E-state index in [1.165, 1.54) is 0 Å². The predicted molar refractivity (Wildman–Crippen MR) is 74.5 cm³/mol. The van der Waals surface area contributed by atoms with Crippen molar-refractivity contribution in [3.63, 3.8) is 0 Å². The Morgan fingerprint density at radius 3 is 2.84 bits per heavy atom. The predicted octanol–water partition coefficient (Wildman–Crippen LogP) is 1.43. The first-order chi connectivity index (χ1) is 9.02. The monoisotopic (exact) mass is 286 g/mol. The Labute approximate surface area is 117 Å². The Balaban J connectivity index is 2.50. The Bertz CT molecular complexity index is 426. The van der Waals surface area contributed by atoms with Gasteiger partial charge in [-0.1, -0.05) is 25.4 Å². The zero-order chi connectivity index (χ0) is 14.3. The molecule has 0 bridgehead atoms. The Morgan fingerprint density at radius 2 is 2.21 bits per heavy atom. The molecule has 1 amide bonds. The molecule has 1 heterocycles. The van der Waals surface area contributed by atoms with E-state index in [2.05, 4.69) is 20.6 Å². The minimum Gasteiger partial charge on any atom is -0.383 e. The number of halogens is 1. The number of anilines is 1. The second-order valence-electron chi connectivity index (χ2n) is 4.29. The fourth-order valence-electron chi connectivity index (χ4n) is 1.31. The number of nitrogens with one attached hydrogen (secondary N) is 2. The maximum absolute atomic E-state index is 11.5. The van der Waals surface area contributed by atoms with Crippen LogP contribution >= 0.6 is 11.6 Å². The topological polar surface area (TPSA) is 76.1 Å². The highest BCUT2D eigenvalue weighted by atomic mass is 35.5. The molecule has 2 N–H and O–H groups in total. The van der Waals surface area contributed by atoms with E-state index in [4.69, 9.17) is 16.3 Å². The third-order valence-corrected chi connectivity index (χ3v) is 2.48. The SMILES string of the molecule is COCCNC(=O)CNc1cc(Cl)nc(C(C)C)n1. The van der Waals surface area contributed by atoms with Crippen LogP contribution in [0.2, 0.25) is 5.15 Å². The summed E-state index contributed by atoms with van der Waals surface area (Å²) < 4.78 is 4.84. The van der Waals surface area contributed by atoms with Gasteiger partial charge in [0.15, 0.2) is 0 Å². The number of nitrogens with zero attached hydrogens (tertiary/aromatic N) is 2. The van der Waals surface area contributed by atoms with Gasteiger partial charge in [-0.25, -0.2) is 9.97 Å². The largest absolute Gasteiger partial charge is 0.383 e. The van der Waals surface area contributed by atoms with Crippen LogP contribution in [0, 0.1) is 0 Å². The fraction of sp³-hybridized carbons (Fsp3) is 0.583. The molecule has 1 rings (SSSR count). The van der Waals surface area contributed by atoms with Crippen LogP contribution in [0.15, 0.2) is 6.07 Å². The number of hydrogen-bond acceptors (Lipinski definition) is 5. The van der Waals surface area contributed by atoms with Crippen LogP contribution in [0.4, 0.5) is 5.82 Å². The highest BCUT2D eigenvalue weighted by Crippen LogP contribution is 2.16. The summed E-state index contributed by atoms with van der Waals surface area (Å²) in [7, 11) is 1.58. The van der Waals surface area contributed by atoms with Gasteiger partial charge in [0.1, 0.15) is 16.8 Å². The van der Waals surface area contributed by atoms with Crippen LogP contribution in [0.25, 0.3) is 0 Å². The molecule has 0 aromatic carbocycles. The molecular formula is C12H19ClN4O2. The molecular weight excluding hydrogens is 268 g/mol. The number of ether oxygens (including phenoxy) is 1. The molecule has 0 atom stereocenters. The molecule has 7 heteroatoms. The Hall–Kier alpha value is -1.40. The molecule has 0 aliphatic heterocycles. The normalized spacial score (nSPS) is 10.6. The van der Waals surface area contributed by atoms with Crippen molar-refractivity contribution in [3.05, 3.63) is 17.0 Å². The van der Waals surface area contributed by atoms with Crippen molar-refractivity contribution in [1.29, 1.82) is 0 Å². The second kappa shape index (κ2) is 7.91. The van der Waals surface area contributed by atoms with Crippen molar-refractivity contribution in [2.75, 3.05) is 32.1 Å². The van der Waals surface area contributed by atoms with Gasteiger partial charge in [-0.2, -0.15) is 0 Å². The number of aromatic nitrogens is 2. The first kappa shape index (κ1) is 15.7. The van der Waals surface area contributed by atoms with Gasteiger partial charge in [0.2, 0.25) is 5.91 Å². The number of carbonyl (C=O) groups excluding carboxylic acids is 1. The molecule has 1 aromatic heterocycles. The standard InChI is InChI=1S/C12H19ClN4O2/c1-8(2)12-16-9(13)6-10(17-12)15-7-11(18)14-4-5-19-3/h6,8H,4-5,7H2,1-3H3,(H,14,18)(H,15,16,17). The van der Waals surface area contributed by atoms with Gasteiger partial charge < -0.3 is 15.4 Å². The second-order valence-corrected chi connectivity index (χ2v) is 4.67. The third kappa shape index (κ3) is 5.85. The molecule has 0 aliphatic carbocycles. The van der Waals surface area contributed by atoms with E-state index in [0.717, 1.165) is 0 Å². The van der Waals surface area contributed by atoms with Crippen LogP contribution in [-0.4, -0.2) is 42.7 Å². The van der Waals surface area contributed by atoms with E-state index in [1.807, 2.05) is 13.8 Å². The van der Waals surface area contributed by atoms with Crippen molar-refractivity contribution in [3.8, 4) is 0 Å². The van der Waals surface area contributed by atoms with Crippen molar-refractivity contribution in [1.82, 2.24) is 15.3 Å². The number of carbonyl (C=O) groups is 1. The van der Waals surface area contributed by atoms with E-state index < -0.39 is 0 Å². The number of rotatable bonds is 7. The third-order valence-electron chi connectivity index (χ3n) is 2.29. The minimum atomic E-state index is -0.127. The van der Waals surface area contributed by atoms with E-state index in [-0.39, 0.29) is 18.4 Å².